The summed E-state index contributed by atoms with van der Waals surface area (Å²) < 4.78 is 147. The quantitative estimate of drug-likeness (QED) is 0.187. The minimum absolute atomic E-state index is 0.255. The molecule has 0 aliphatic rings. The van der Waals surface area contributed by atoms with Crippen LogP contribution in [0.1, 0.15) is 20.6 Å². The number of hydrogen-bond donors (Lipinski definition) is 0. The number of anilines is 3. The summed E-state index contributed by atoms with van der Waals surface area (Å²) in [4.78, 5) is 1.51. The number of nitrogens with zero attached hydrogens (tertiary/aromatic N) is 1. The van der Waals surface area contributed by atoms with Crippen molar-refractivity contribution in [2.24, 2.45) is 0 Å². The Morgan fingerprint density at radius 1 is 0.408 bits per heavy atom. The molecule has 10 aromatic rings. The number of benzene rings is 8. The van der Waals surface area contributed by atoms with Crippen LogP contribution in [0.25, 0.3) is 76.9 Å². The van der Waals surface area contributed by atoms with Gasteiger partial charge in [-0.25, -0.2) is 0 Å². The van der Waals surface area contributed by atoms with Gasteiger partial charge in [0.25, 0.3) is 0 Å². The van der Waals surface area contributed by atoms with Gasteiger partial charge in [-0.2, -0.15) is 0 Å². The largest absolute Gasteiger partial charge is 0.456 e. The lowest BCUT2D eigenvalue weighted by Crippen LogP contribution is -2.09. The van der Waals surface area contributed by atoms with Crippen LogP contribution in [0.3, 0.4) is 0 Å². The molecule has 3 nitrogen and oxygen atoms in total. The van der Waals surface area contributed by atoms with Gasteiger partial charge in [0.15, 0.2) is 0 Å². The van der Waals surface area contributed by atoms with E-state index in [2.05, 4.69) is 0 Å². The summed E-state index contributed by atoms with van der Waals surface area (Å²) in [6, 6.07) is 14.0. The molecular formula is C46H29NO2. The van der Waals surface area contributed by atoms with E-state index in [1.54, 1.807) is 24.3 Å². The van der Waals surface area contributed by atoms with Crippen molar-refractivity contribution in [1.29, 1.82) is 0 Å². The minimum atomic E-state index is -0.824. The molecule has 0 N–H and O–H groups in total. The lowest BCUT2D eigenvalue weighted by Gasteiger charge is -2.26. The standard InChI is InChI=1S/C46H29NO2/c1-2-11-32(12-3-1)46-36-13-5-4-10-30(36)20-25-37(46)31-18-21-33(22-19-31)47(34-23-26-40-38-14-6-8-16-42(38)48-44(40)28-34)35-24-27-41-39-15-7-9-17-43(39)49-45(41)29-35/h1-29H/i1D,2D,3D,4D,5D,10D,11D,12D,13D,18D,19D,20D,21D,22D,25D. The summed E-state index contributed by atoms with van der Waals surface area (Å²) in [5.74, 6) is 0. The molecule has 0 radical (unpaired) electrons. The number of para-hydroxylation sites is 2. The molecule has 230 valence electrons. The van der Waals surface area contributed by atoms with E-state index in [-0.39, 0.29) is 5.69 Å². The van der Waals surface area contributed by atoms with Crippen molar-refractivity contribution in [3.05, 3.63) is 176 Å². The summed E-state index contributed by atoms with van der Waals surface area (Å²) in [5, 5.41) is 2.27. The highest BCUT2D eigenvalue weighted by Gasteiger charge is 2.19. The molecule has 0 aliphatic heterocycles. The number of rotatable bonds is 5. The van der Waals surface area contributed by atoms with Crippen LogP contribution in [0, 0.1) is 0 Å². The van der Waals surface area contributed by atoms with E-state index < -0.39 is 124 Å². The fraction of sp³-hybridized carbons (Fsp3) is 0. The lowest BCUT2D eigenvalue weighted by atomic mass is 9.90. The molecule has 3 heteroatoms. The van der Waals surface area contributed by atoms with Gasteiger partial charge in [-0.1, -0.05) is 115 Å². The third-order valence-corrected chi connectivity index (χ3v) is 8.58. The highest BCUT2D eigenvalue weighted by atomic mass is 16.3. The Morgan fingerprint density at radius 3 is 1.63 bits per heavy atom. The van der Waals surface area contributed by atoms with Crippen LogP contribution in [0.2, 0.25) is 0 Å². The van der Waals surface area contributed by atoms with Crippen LogP contribution in [-0.4, -0.2) is 0 Å². The monoisotopic (exact) mass is 642 g/mol. The van der Waals surface area contributed by atoms with Gasteiger partial charge >= 0.3 is 0 Å². The summed E-state index contributed by atoms with van der Waals surface area (Å²) in [6.07, 6.45) is 0. The maximum Gasteiger partial charge on any atom is 0.137 e. The van der Waals surface area contributed by atoms with E-state index in [1.807, 2.05) is 60.7 Å². The van der Waals surface area contributed by atoms with Crippen molar-refractivity contribution >= 4 is 71.7 Å². The van der Waals surface area contributed by atoms with E-state index in [9.17, 15) is 6.85 Å². The average molecular weight is 643 g/mol. The molecule has 0 bridgehead atoms. The molecular weight excluding hydrogens is 599 g/mol. The van der Waals surface area contributed by atoms with Gasteiger partial charge in [-0.15, -0.1) is 0 Å². The smallest absolute Gasteiger partial charge is 0.137 e. The number of furan rings is 2. The Morgan fingerprint density at radius 2 is 0.980 bits per heavy atom. The third kappa shape index (κ3) is 4.51. The molecule has 2 aromatic heterocycles. The molecule has 0 saturated heterocycles. The second-order valence-electron chi connectivity index (χ2n) is 11.4. The first-order valence-corrected chi connectivity index (χ1v) is 15.4. The third-order valence-electron chi connectivity index (χ3n) is 8.58. The van der Waals surface area contributed by atoms with Gasteiger partial charge in [-0.05, 0) is 81.5 Å². The van der Waals surface area contributed by atoms with Crippen LogP contribution in [0.4, 0.5) is 17.1 Å². The van der Waals surface area contributed by atoms with Gasteiger partial charge in [0, 0.05) is 50.7 Å². The van der Waals surface area contributed by atoms with E-state index in [1.165, 1.54) is 4.90 Å². The highest BCUT2D eigenvalue weighted by Crippen LogP contribution is 2.43. The summed E-state index contributed by atoms with van der Waals surface area (Å²) >= 11 is 0. The zero-order chi connectivity index (χ0) is 45.4. The van der Waals surface area contributed by atoms with Crippen molar-refractivity contribution in [3.8, 4) is 22.3 Å². The maximum absolute atomic E-state index is 9.67. The topological polar surface area (TPSA) is 29.5 Å². The van der Waals surface area contributed by atoms with Crippen LogP contribution >= 0.6 is 0 Å². The van der Waals surface area contributed by atoms with Crippen molar-refractivity contribution in [3.63, 3.8) is 0 Å². The normalized spacial score (nSPS) is 16.0. The van der Waals surface area contributed by atoms with Crippen LogP contribution in [0.15, 0.2) is 184 Å². The van der Waals surface area contributed by atoms with E-state index in [0.29, 0.717) is 33.7 Å². The van der Waals surface area contributed by atoms with Gasteiger partial charge in [0.05, 0.1) is 20.6 Å². The van der Waals surface area contributed by atoms with Crippen molar-refractivity contribution < 1.29 is 29.4 Å². The summed E-state index contributed by atoms with van der Waals surface area (Å²) in [7, 11) is 0. The Hall–Kier alpha value is -6.58. The van der Waals surface area contributed by atoms with Crippen molar-refractivity contribution in [2.75, 3.05) is 4.90 Å². The molecule has 0 spiro atoms. The first-order valence-electron chi connectivity index (χ1n) is 22.9. The molecule has 0 aliphatic carbocycles. The predicted octanol–water partition coefficient (Wildman–Crippen LogP) is 13.4. The fourth-order valence-corrected chi connectivity index (χ4v) is 6.38. The predicted molar refractivity (Wildman–Crippen MR) is 204 cm³/mol. The molecule has 2 heterocycles. The average Bonchev–Trinajstić information content (AvgIpc) is 3.86. The van der Waals surface area contributed by atoms with Gasteiger partial charge in [0.1, 0.15) is 22.3 Å². The molecule has 0 saturated carbocycles. The summed E-state index contributed by atoms with van der Waals surface area (Å²) in [5.41, 5.74) is 0.284. The first-order chi connectivity index (χ1) is 30.5. The number of fused-ring (bicyclic) bond motifs is 7. The maximum atomic E-state index is 9.67. The molecule has 0 atom stereocenters. The highest BCUT2D eigenvalue weighted by molar-refractivity contribution is 6.08. The van der Waals surface area contributed by atoms with E-state index >= 15 is 0 Å². The minimum Gasteiger partial charge on any atom is -0.456 e. The van der Waals surface area contributed by atoms with E-state index in [0.717, 1.165) is 21.5 Å². The SMILES string of the molecule is [2H]c1c([2H])c([2H])c(-c2c(-c3c([2H])c([2H])c(N(c4ccc5c(c4)oc4ccccc45)c4ccc5c(c4)oc4ccccc45)c([2H])c3[2H])c([2H])c([2H])c3c([2H])c([2H])c([2H])c([2H])c23)c([2H])c1[2H]. The zero-order valence-corrected chi connectivity index (χ0v) is 25.3. The molecule has 0 amide bonds. The Labute approximate surface area is 303 Å². The van der Waals surface area contributed by atoms with Gasteiger partial charge < -0.3 is 13.7 Å². The van der Waals surface area contributed by atoms with Crippen LogP contribution in [-0.2, 0) is 0 Å². The molecule has 49 heavy (non-hydrogen) atoms. The lowest BCUT2D eigenvalue weighted by molar-refractivity contribution is 0.669. The second kappa shape index (κ2) is 11.0. The van der Waals surface area contributed by atoms with Gasteiger partial charge in [0.2, 0.25) is 0 Å². The van der Waals surface area contributed by atoms with Crippen LogP contribution in [0.5, 0.6) is 0 Å². The Balaban J connectivity index is 1.31. The summed E-state index contributed by atoms with van der Waals surface area (Å²) in [6.45, 7) is 0. The molecule has 0 unspecified atom stereocenters. The van der Waals surface area contributed by atoms with E-state index in [4.69, 9.17) is 22.5 Å². The van der Waals surface area contributed by atoms with Crippen LogP contribution < -0.4 is 4.90 Å². The molecule has 0 fully saturated rings. The number of hydrogen-bond acceptors (Lipinski definition) is 3. The molecule has 10 rings (SSSR count). The van der Waals surface area contributed by atoms with Gasteiger partial charge in [-0.3, -0.25) is 0 Å². The van der Waals surface area contributed by atoms with Crippen molar-refractivity contribution in [1.82, 2.24) is 0 Å². The first kappa shape index (κ1) is 16.5. The zero-order valence-electron chi connectivity index (χ0n) is 40.3. The Bertz CT molecular complexity index is 3540. The Kier molecular flexibility index (Phi) is 3.70. The second-order valence-corrected chi connectivity index (χ2v) is 11.4. The fourth-order valence-electron chi connectivity index (χ4n) is 6.38. The molecule has 8 aromatic carbocycles. The van der Waals surface area contributed by atoms with Crippen molar-refractivity contribution in [2.45, 2.75) is 0 Å².